The minimum absolute atomic E-state index is 0. The molecule has 0 radical (unpaired) electrons. The second-order valence-corrected chi connectivity index (χ2v) is 6.08. The van der Waals surface area contributed by atoms with Crippen LogP contribution in [0.15, 0.2) is 0 Å². The van der Waals surface area contributed by atoms with E-state index >= 15 is 0 Å². The average Bonchev–Trinajstić information content (AvgIpc) is 2.46. The third kappa shape index (κ3) is 7.18. The molecule has 6 heteroatoms. The number of piperazine rings is 1. The van der Waals surface area contributed by atoms with Gasteiger partial charge in [0.25, 0.3) is 0 Å². The zero-order chi connectivity index (χ0) is 13.5. The largest absolute Gasteiger partial charge is 0.340 e. The van der Waals surface area contributed by atoms with Crippen LogP contribution in [0.5, 0.6) is 0 Å². The molecule has 0 bridgehead atoms. The summed E-state index contributed by atoms with van der Waals surface area (Å²) in [5.74, 6) is 1.20. The number of carbonyl (C=O) groups is 1. The Morgan fingerprint density at radius 1 is 1.00 bits per heavy atom. The van der Waals surface area contributed by atoms with Crippen molar-refractivity contribution in [3.63, 3.8) is 0 Å². The van der Waals surface area contributed by atoms with Crippen molar-refractivity contribution < 1.29 is 4.79 Å². The summed E-state index contributed by atoms with van der Waals surface area (Å²) in [6.45, 7) is 5.82. The van der Waals surface area contributed by atoms with Crippen molar-refractivity contribution in [1.82, 2.24) is 9.80 Å². The van der Waals surface area contributed by atoms with Gasteiger partial charge >= 0.3 is 0 Å². The van der Waals surface area contributed by atoms with Gasteiger partial charge in [-0.25, -0.2) is 0 Å². The lowest BCUT2D eigenvalue weighted by Gasteiger charge is -2.37. The first kappa shape index (κ1) is 21.0. The van der Waals surface area contributed by atoms with Gasteiger partial charge < -0.3 is 10.6 Å². The summed E-state index contributed by atoms with van der Waals surface area (Å²) in [6, 6.07) is 0. The van der Waals surface area contributed by atoms with Gasteiger partial charge in [0.1, 0.15) is 0 Å². The highest BCUT2D eigenvalue weighted by atomic mass is 35.5. The Kier molecular flexibility index (Phi) is 11.5. The highest BCUT2D eigenvalue weighted by Gasteiger charge is 2.23. The molecule has 2 aliphatic rings. The molecule has 4 nitrogen and oxygen atoms in total. The first-order valence-electron chi connectivity index (χ1n) is 8.00. The monoisotopic (exact) mass is 339 g/mol. The van der Waals surface area contributed by atoms with Crippen LogP contribution in [-0.4, -0.2) is 55.0 Å². The molecule has 1 aliphatic carbocycles. The topological polar surface area (TPSA) is 49.6 Å². The van der Waals surface area contributed by atoms with Gasteiger partial charge in [0.2, 0.25) is 5.91 Å². The maximum absolute atomic E-state index is 11.9. The van der Waals surface area contributed by atoms with E-state index in [1.165, 1.54) is 38.6 Å². The summed E-state index contributed by atoms with van der Waals surface area (Å²) in [4.78, 5) is 16.5. The fourth-order valence-electron chi connectivity index (χ4n) is 3.33. The zero-order valence-corrected chi connectivity index (χ0v) is 14.6. The van der Waals surface area contributed by atoms with Gasteiger partial charge in [-0.05, 0) is 31.7 Å². The van der Waals surface area contributed by atoms with Crippen LogP contribution in [0.4, 0.5) is 0 Å². The number of amides is 1. The summed E-state index contributed by atoms with van der Waals surface area (Å²) in [5, 5.41) is 0. The van der Waals surface area contributed by atoms with Gasteiger partial charge in [-0.1, -0.05) is 19.3 Å². The number of nitrogens with two attached hydrogens (primary N) is 1. The van der Waals surface area contributed by atoms with E-state index in [4.69, 9.17) is 5.73 Å². The molecule has 1 saturated carbocycles. The highest BCUT2D eigenvalue weighted by Crippen LogP contribution is 2.24. The van der Waals surface area contributed by atoms with E-state index in [0.717, 1.165) is 38.5 Å². The first-order valence-corrected chi connectivity index (χ1v) is 8.00. The Morgan fingerprint density at radius 3 is 2.19 bits per heavy atom. The van der Waals surface area contributed by atoms with Gasteiger partial charge in [0.15, 0.2) is 0 Å². The normalized spacial score (nSPS) is 20.5. The molecule has 1 heterocycles. The van der Waals surface area contributed by atoms with Crippen LogP contribution in [0.3, 0.4) is 0 Å². The molecule has 1 aliphatic heterocycles. The minimum atomic E-state index is 0. The Labute approximate surface area is 141 Å². The van der Waals surface area contributed by atoms with Gasteiger partial charge in [0.05, 0.1) is 0 Å². The molecule has 0 aromatic rings. The van der Waals surface area contributed by atoms with Crippen LogP contribution in [-0.2, 0) is 4.79 Å². The maximum Gasteiger partial charge on any atom is 0.222 e. The third-order valence-corrected chi connectivity index (χ3v) is 4.56. The van der Waals surface area contributed by atoms with E-state index in [2.05, 4.69) is 4.90 Å². The molecule has 126 valence electrons. The molecule has 21 heavy (non-hydrogen) atoms. The van der Waals surface area contributed by atoms with E-state index in [1.807, 2.05) is 4.90 Å². The predicted molar refractivity (Wildman–Crippen MR) is 92.4 cm³/mol. The Bertz CT molecular complexity index is 278. The lowest BCUT2D eigenvalue weighted by Crippen LogP contribution is -2.49. The first-order chi connectivity index (χ1) is 9.29. The summed E-state index contributed by atoms with van der Waals surface area (Å²) in [5.41, 5.74) is 5.45. The third-order valence-electron chi connectivity index (χ3n) is 4.56. The molecular weight excluding hydrogens is 309 g/mol. The Balaban J connectivity index is 0.00000200. The second kappa shape index (κ2) is 11.5. The molecule has 2 rings (SSSR count). The summed E-state index contributed by atoms with van der Waals surface area (Å²) >= 11 is 0. The van der Waals surface area contributed by atoms with Crippen LogP contribution < -0.4 is 5.73 Å². The van der Waals surface area contributed by atoms with E-state index < -0.39 is 0 Å². The lowest BCUT2D eigenvalue weighted by atomic mass is 9.89. The van der Waals surface area contributed by atoms with E-state index in [9.17, 15) is 4.79 Å². The van der Waals surface area contributed by atoms with E-state index in [-0.39, 0.29) is 24.8 Å². The van der Waals surface area contributed by atoms with Crippen LogP contribution in [0.2, 0.25) is 0 Å². The van der Waals surface area contributed by atoms with Crippen LogP contribution in [0, 0.1) is 5.92 Å². The fourth-order valence-corrected chi connectivity index (χ4v) is 3.33. The van der Waals surface area contributed by atoms with Crippen molar-refractivity contribution in [1.29, 1.82) is 0 Å². The summed E-state index contributed by atoms with van der Waals surface area (Å²) in [6.07, 6.45) is 8.54. The quantitative estimate of drug-likeness (QED) is 0.835. The van der Waals surface area contributed by atoms with E-state index in [0.29, 0.717) is 18.9 Å². The molecule has 2 N–H and O–H groups in total. The summed E-state index contributed by atoms with van der Waals surface area (Å²) < 4.78 is 0. The van der Waals surface area contributed by atoms with Crippen molar-refractivity contribution >= 4 is 30.7 Å². The smallest absolute Gasteiger partial charge is 0.222 e. The van der Waals surface area contributed by atoms with Crippen molar-refractivity contribution in [2.45, 2.75) is 44.9 Å². The maximum atomic E-state index is 11.9. The molecule has 1 amide bonds. The van der Waals surface area contributed by atoms with Gasteiger partial charge in [-0.15, -0.1) is 24.8 Å². The fraction of sp³-hybridized carbons (Fsp3) is 0.933. The summed E-state index contributed by atoms with van der Waals surface area (Å²) in [7, 11) is 0. The zero-order valence-electron chi connectivity index (χ0n) is 13.0. The Morgan fingerprint density at radius 2 is 1.62 bits per heavy atom. The average molecular weight is 340 g/mol. The molecule has 0 aromatic heterocycles. The van der Waals surface area contributed by atoms with Crippen molar-refractivity contribution in [3.05, 3.63) is 0 Å². The molecule has 2 fully saturated rings. The van der Waals surface area contributed by atoms with Crippen molar-refractivity contribution in [2.75, 3.05) is 39.3 Å². The van der Waals surface area contributed by atoms with Crippen molar-refractivity contribution in [3.8, 4) is 0 Å². The number of carbonyl (C=O) groups excluding carboxylic acids is 1. The molecule has 0 aromatic carbocycles. The molecule has 0 unspecified atom stereocenters. The lowest BCUT2D eigenvalue weighted by molar-refractivity contribution is -0.133. The predicted octanol–water partition coefficient (Wildman–Crippen LogP) is 2.29. The van der Waals surface area contributed by atoms with Gasteiger partial charge in [0, 0.05) is 39.1 Å². The molecule has 0 atom stereocenters. The number of hydrogen-bond acceptors (Lipinski definition) is 3. The second-order valence-electron chi connectivity index (χ2n) is 6.08. The van der Waals surface area contributed by atoms with Crippen LogP contribution in [0.25, 0.3) is 0 Å². The number of hydrogen-bond donors (Lipinski definition) is 1. The van der Waals surface area contributed by atoms with E-state index in [1.54, 1.807) is 0 Å². The minimum Gasteiger partial charge on any atom is -0.340 e. The molecule has 0 spiro atoms. The van der Waals surface area contributed by atoms with Crippen LogP contribution in [0.1, 0.15) is 44.9 Å². The SMILES string of the molecule is Cl.Cl.NCCCC(=O)N1CCN(CC2CCCCC2)CC1. The number of nitrogens with zero attached hydrogens (tertiary/aromatic N) is 2. The highest BCUT2D eigenvalue weighted by molar-refractivity contribution is 5.85. The standard InChI is InChI=1S/C15H29N3O.2ClH/c16-8-4-7-15(19)18-11-9-17(10-12-18)13-14-5-2-1-3-6-14;;/h14H,1-13,16H2;2*1H. The Hall–Kier alpha value is -0.0300. The molecular formula is C15H31Cl2N3O. The van der Waals surface area contributed by atoms with Crippen LogP contribution >= 0.6 is 24.8 Å². The number of halogens is 2. The van der Waals surface area contributed by atoms with Gasteiger partial charge in [-0.2, -0.15) is 0 Å². The number of rotatable bonds is 5. The molecule has 1 saturated heterocycles. The van der Waals surface area contributed by atoms with Gasteiger partial charge in [-0.3, -0.25) is 9.69 Å². The van der Waals surface area contributed by atoms with Crippen molar-refractivity contribution in [2.24, 2.45) is 11.7 Å².